The highest BCUT2D eigenvalue weighted by Gasteiger charge is 2.77. The molecule has 0 aliphatic heterocycles. The lowest BCUT2D eigenvalue weighted by Crippen LogP contribution is -2.59. The second kappa shape index (κ2) is 11.9. The molecule has 0 aromatic carbocycles. The number of aliphatic hydroxyl groups is 1. The number of aromatic amines is 1. The quantitative estimate of drug-likeness (QED) is 0.154. The summed E-state index contributed by atoms with van der Waals surface area (Å²) in [5.41, 5.74) is 3.00. The van der Waals surface area contributed by atoms with E-state index in [1.54, 1.807) is 22.6 Å². The molecule has 0 atom stereocenters. The molecule has 0 unspecified atom stereocenters. The number of anilines is 2. The Bertz CT molecular complexity index is 1600. The van der Waals surface area contributed by atoms with Crippen LogP contribution < -0.4 is 11.5 Å². The Labute approximate surface area is 262 Å². The third kappa shape index (κ3) is 6.76. The highest BCUT2D eigenvalue weighted by molar-refractivity contribution is 14.1. The number of hydrogen-bond acceptors (Lipinski definition) is 9. The molecule has 1 aliphatic carbocycles. The van der Waals surface area contributed by atoms with E-state index in [-0.39, 0.29) is 20.6 Å². The lowest BCUT2D eigenvalue weighted by molar-refractivity contribution is -0.372. The van der Waals surface area contributed by atoms with Crippen molar-refractivity contribution in [3.8, 4) is 0 Å². The maximum atomic E-state index is 12.7. The van der Waals surface area contributed by atoms with E-state index in [9.17, 15) is 57.8 Å². The fourth-order valence-electron chi connectivity index (χ4n) is 3.35. The molecule has 0 saturated heterocycles. The lowest BCUT2D eigenvalue weighted by atomic mass is 10.0. The van der Waals surface area contributed by atoms with Gasteiger partial charge < -0.3 is 16.6 Å². The first-order valence-electron chi connectivity index (χ1n) is 11.1. The van der Waals surface area contributed by atoms with E-state index in [4.69, 9.17) is 11.5 Å². The van der Waals surface area contributed by atoms with Gasteiger partial charge in [0.2, 0.25) is 0 Å². The van der Waals surface area contributed by atoms with E-state index in [1.807, 2.05) is 0 Å². The second-order valence-corrected chi connectivity index (χ2v) is 10.9. The zero-order valence-electron chi connectivity index (χ0n) is 20.8. The minimum absolute atomic E-state index is 0.00907. The van der Waals surface area contributed by atoms with Crippen LogP contribution in [0, 0.1) is 12.8 Å². The van der Waals surface area contributed by atoms with Crippen LogP contribution in [0.15, 0.2) is 12.7 Å². The van der Waals surface area contributed by atoms with Crippen molar-refractivity contribution >= 4 is 78.9 Å². The number of nitrogens with one attached hydrogen (secondary N) is 1. The minimum Gasteiger partial charge on any atom is -0.383 e. The number of hydrogen-bond donors (Lipinski definition) is 4. The smallest absolute Gasteiger partial charge is 0.383 e. The molecule has 4 heterocycles. The van der Waals surface area contributed by atoms with Crippen LogP contribution in [0.4, 0.5) is 64.3 Å². The summed E-state index contributed by atoms with van der Waals surface area (Å²) in [6.07, 6.45) is -21.5. The van der Waals surface area contributed by atoms with Crippen molar-refractivity contribution < 1.29 is 57.8 Å². The van der Waals surface area contributed by atoms with Crippen molar-refractivity contribution in [3.63, 3.8) is 0 Å². The van der Waals surface area contributed by atoms with Gasteiger partial charge in [0.15, 0.2) is 16.7 Å². The van der Waals surface area contributed by atoms with Crippen molar-refractivity contribution in [2.24, 2.45) is 5.41 Å². The zero-order valence-corrected chi connectivity index (χ0v) is 25.1. The second-order valence-electron chi connectivity index (χ2n) is 8.83. The first-order chi connectivity index (χ1) is 19.9. The van der Waals surface area contributed by atoms with Crippen LogP contribution in [0.2, 0.25) is 0 Å². The molecule has 244 valence electrons. The fourth-order valence-corrected chi connectivity index (χ4v) is 4.76. The summed E-state index contributed by atoms with van der Waals surface area (Å²) in [6, 6.07) is 0. The van der Waals surface area contributed by atoms with Crippen molar-refractivity contribution in [2.75, 3.05) is 11.5 Å². The van der Waals surface area contributed by atoms with Gasteiger partial charge in [-0.2, -0.15) is 62.9 Å². The van der Waals surface area contributed by atoms with Crippen LogP contribution in [0.25, 0.3) is 22.1 Å². The maximum Gasteiger partial charge on any atom is 0.428 e. The predicted octanol–water partition coefficient (Wildman–Crippen LogP) is 5.30. The Morgan fingerprint density at radius 1 is 0.795 bits per heavy atom. The summed E-state index contributed by atoms with van der Waals surface area (Å²) in [7, 11) is 0. The molecule has 1 aliphatic rings. The Balaban J connectivity index is 0.000000200. The van der Waals surface area contributed by atoms with E-state index >= 15 is 0 Å². The largest absolute Gasteiger partial charge is 0.428 e. The maximum absolute atomic E-state index is 12.7. The number of rotatable bonds is 2. The molecule has 6 N–H and O–H groups in total. The van der Waals surface area contributed by atoms with Gasteiger partial charge in [0, 0.05) is 0 Å². The average molecular weight is 880 g/mol. The first kappa shape index (κ1) is 35.8. The predicted molar refractivity (Wildman–Crippen MR) is 142 cm³/mol. The highest BCUT2D eigenvalue weighted by atomic mass is 127. The van der Waals surface area contributed by atoms with Gasteiger partial charge in [-0.05, 0) is 58.0 Å². The summed E-state index contributed by atoms with van der Waals surface area (Å²) in [5, 5.41) is 20.2. The van der Waals surface area contributed by atoms with E-state index in [0.717, 1.165) is 15.4 Å². The van der Waals surface area contributed by atoms with E-state index in [1.165, 1.54) is 6.33 Å². The zero-order chi connectivity index (χ0) is 33.7. The van der Waals surface area contributed by atoms with Crippen LogP contribution in [0.3, 0.4) is 0 Å². The molecule has 4 aromatic rings. The molecule has 0 radical (unpaired) electrons. The van der Waals surface area contributed by atoms with Gasteiger partial charge in [-0.25, -0.2) is 24.6 Å². The number of fused-ring (bicyclic) bond motifs is 2. The number of alkyl halides is 12. The number of H-pyrrole nitrogens is 1. The van der Waals surface area contributed by atoms with E-state index in [2.05, 4.69) is 57.8 Å². The highest BCUT2D eigenvalue weighted by Crippen LogP contribution is 2.66. The van der Waals surface area contributed by atoms with E-state index in [0.29, 0.717) is 16.1 Å². The van der Waals surface area contributed by atoms with Crippen LogP contribution in [0.5, 0.6) is 0 Å². The lowest BCUT2D eigenvalue weighted by Gasteiger charge is -2.32. The van der Waals surface area contributed by atoms with Crippen LogP contribution in [-0.2, 0) is 6.54 Å². The molecule has 44 heavy (non-hydrogen) atoms. The Morgan fingerprint density at radius 3 is 1.68 bits per heavy atom. The van der Waals surface area contributed by atoms with Crippen LogP contribution >= 0.6 is 45.2 Å². The standard InChI is InChI=1S/C9H6F6IN5O.C5H4F6.C5H4IN5/c10-8(11,12)7(22,9(13,14)15)1-21-6-3(4(16)20-21)5(17)18-2-19-6;6-4(7,8)3(1-2-3)5(9,10)11;6-3-2-4(7)8-1-9-5(2)11-10-3/h2,22H,1H2,(H2,17,18,19);1-2H2;1H,(H3,7,8,9,10,11). The SMILES string of the molecule is FC(F)(F)C1(C(F)(F)F)CC1.Nc1ncnc2c1c(I)nn2CC(O)(C(F)(F)F)C(F)(F)F.Nc1ncnc2n[nH]c(I)c12. The summed E-state index contributed by atoms with van der Waals surface area (Å²) >= 11 is 3.66. The van der Waals surface area contributed by atoms with Crippen molar-refractivity contribution in [1.29, 1.82) is 0 Å². The average Bonchev–Trinajstić information content (AvgIpc) is 3.54. The van der Waals surface area contributed by atoms with Crippen molar-refractivity contribution in [1.82, 2.24) is 39.9 Å². The summed E-state index contributed by atoms with van der Waals surface area (Å²) in [4.78, 5) is 14.9. The molecular weight excluding hydrogens is 866 g/mol. The molecule has 5 rings (SSSR count). The normalized spacial score (nSPS) is 15.4. The molecule has 25 heteroatoms. The van der Waals surface area contributed by atoms with Gasteiger partial charge in [0.25, 0.3) is 5.60 Å². The first-order valence-corrected chi connectivity index (χ1v) is 13.3. The third-order valence-electron chi connectivity index (χ3n) is 6.00. The van der Waals surface area contributed by atoms with Gasteiger partial charge in [0.1, 0.15) is 31.7 Å². The van der Waals surface area contributed by atoms with Gasteiger partial charge in [-0.1, -0.05) is 0 Å². The Morgan fingerprint density at radius 2 is 1.27 bits per heavy atom. The Hall–Kier alpha value is -2.72. The minimum atomic E-state index is -5.95. The van der Waals surface area contributed by atoms with Gasteiger partial charge in [-0.3, -0.25) is 5.10 Å². The topological polar surface area (TPSA) is 170 Å². The summed E-state index contributed by atoms with van der Waals surface area (Å²) < 4.78 is 147. The van der Waals surface area contributed by atoms with Crippen LogP contribution in [0.1, 0.15) is 12.8 Å². The van der Waals surface area contributed by atoms with Gasteiger partial charge >= 0.3 is 24.7 Å². The monoisotopic (exact) mass is 880 g/mol. The van der Waals surface area contributed by atoms with Gasteiger partial charge in [0.05, 0.1) is 17.3 Å². The number of nitrogens with two attached hydrogens (primary N) is 2. The van der Waals surface area contributed by atoms with E-state index < -0.39 is 55.1 Å². The molecule has 0 bridgehead atoms. The molecule has 4 aromatic heterocycles. The molecule has 1 saturated carbocycles. The number of nitrogens with zero attached hydrogens (tertiary/aromatic N) is 7. The fraction of sp³-hybridized carbons (Fsp3) is 0.474. The number of halogens is 14. The molecule has 0 spiro atoms. The summed E-state index contributed by atoms with van der Waals surface area (Å²) in [5.74, 6) is 0.316. The number of nitrogen functional groups attached to an aromatic ring is 2. The Kier molecular flexibility index (Phi) is 9.67. The summed E-state index contributed by atoms with van der Waals surface area (Å²) in [6.45, 7) is -1.91. The van der Waals surface area contributed by atoms with Crippen molar-refractivity contribution in [3.05, 3.63) is 20.1 Å². The third-order valence-corrected chi connectivity index (χ3v) is 7.54. The molecule has 0 amide bonds. The van der Waals surface area contributed by atoms with Gasteiger partial charge in [-0.15, -0.1) is 0 Å². The molecule has 1 fully saturated rings. The van der Waals surface area contributed by atoms with Crippen LogP contribution in [-0.4, -0.2) is 75.3 Å². The molecule has 11 nitrogen and oxygen atoms in total. The number of aromatic nitrogens is 8. The molecular formula is C19H14F12I2N10O. The van der Waals surface area contributed by atoms with Crippen molar-refractivity contribution in [2.45, 2.75) is 49.7 Å².